The summed E-state index contributed by atoms with van der Waals surface area (Å²) in [6, 6.07) is 6.69. The van der Waals surface area contributed by atoms with Crippen LogP contribution in [0.25, 0.3) is 0 Å². The summed E-state index contributed by atoms with van der Waals surface area (Å²) in [6.07, 6.45) is 0.288. The number of hydrogen-bond acceptors (Lipinski definition) is 4. The standard InChI is InChI=1S/C14H19NO5/c1-20-12-5-2-4-11(10-12)14(19)15(7-3-9-16)8-6-13(17)18/h2,4-5,10,16H,3,6-9H2,1H3,(H,17,18). The molecule has 1 aromatic rings. The molecule has 110 valence electrons. The number of benzene rings is 1. The number of aliphatic hydroxyl groups excluding tert-OH is 1. The van der Waals surface area contributed by atoms with E-state index in [9.17, 15) is 9.59 Å². The minimum Gasteiger partial charge on any atom is -0.497 e. The van der Waals surface area contributed by atoms with Crippen molar-refractivity contribution >= 4 is 11.9 Å². The van der Waals surface area contributed by atoms with E-state index < -0.39 is 5.97 Å². The second-order valence-corrected chi connectivity index (χ2v) is 4.25. The number of aliphatic carboxylic acids is 1. The van der Waals surface area contributed by atoms with Crippen molar-refractivity contribution in [3.8, 4) is 5.75 Å². The maximum atomic E-state index is 12.3. The Labute approximate surface area is 117 Å². The molecule has 2 N–H and O–H groups in total. The number of hydrogen-bond donors (Lipinski definition) is 2. The molecule has 0 radical (unpaired) electrons. The zero-order chi connectivity index (χ0) is 15.0. The summed E-state index contributed by atoms with van der Waals surface area (Å²) in [5, 5.41) is 17.6. The van der Waals surface area contributed by atoms with E-state index >= 15 is 0 Å². The number of carboxylic acid groups (broad SMARTS) is 1. The highest BCUT2D eigenvalue weighted by molar-refractivity contribution is 5.94. The minimum absolute atomic E-state index is 0.0467. The molecule has 0 aliphatic carbocycles. The van der Waals surface area contributed by atoms with Crippen LogP contribution in [-0.2, 0) is 4.79 Å². The summed E-state index contributed by atoms with van der Waals surface area (Å²) in [5.41, 5.74) is 0.438. The molecule has 0 unspecified atom stereocenters. The number of aliphatic hydroxyl groups is 1. The fourth-order valence-electron chi connectivity index (χ4n) is 1.75. The normalized spacial score (nSPS) is 10.1. The lowest BCUT2D eigenvalue weighted by Crippen LogP contribution is -2.34. The van der Waals surface area contributed by atoms with Crippen LogP contribution in [0, 0.1) is 0 Å². The van der Waals surface area contributed by atoms with Crippen molar-refractivity contribution in [2.45, 2.75) is 12.8 Å². The smallest absolute Gasteiger partial charge is 0.305 e. The average Bonchev–Trinajstić information content (AvgIpc) is 2.46. The zero-order valence-electron chi connectivity index (χ0n) is 11.4. The largest absolute Gasteiger partial charge is 0.497 e. The molecule has 0 spiro atoms. The lowest BCUT2D eigenvalue weighted by molar-refractivity contribution is -0.137. The monoisotopic (exact) mass is 281 g/mol. The molecule has 0 saturated heterocycles. The van der Waals surface area contributed by atoms with Crippen LogP contribution in [0.3, 0.4) is 0 Å². The Bertz CT molecular complexity index is 461. The second-order valence-electron chi connectivity index (χ2n) is 4.25. The second kappa shape index (κ2) is 8.16. The number of amides is 1. The van der Waals surface area contributed by atoms with Crippen LogP contribution in [0.1, 0.15) is 23.2 Å². The number of methoxy groups -OCH3 is 1. The lowest BCUT2D eigenvalue weighted by Gasteiger charge is -2.22. The van der Waals surface area contributed by atoms with Crippen molar-refractivity contribution in [3.05, 3.63) is 29.8 Å². The SMILES string of the molecule is COc1cccc(C(=O)N(CCCO)CCC(=O)O)c1. The minimum atomic E-state index is -0.961. The van der Waals surface area contributed by atoms with Crippen LogP contribution in [0.5, 0.6) is 5.75 Å². The van der Waals surface area contributed by atoms with Gasteiger partial charge in [-0.1, -0.05) is 6.07 Å². The number of ether oxygens (including phenoxy) is 1. The number of carbonyl (C=O) groups excluding carboxylic acids is 1. The van der Waals surface area contributed by atoms with Crippen molar-refractivity contribution in [1.82, 2.24) is 4.90 Å². The van der Waals surface area contributed by atoms with Gasteiger partial charge in [-0.15, -0.1) is 0 Å². The number of carboxylic acids is 1. The molecule has 0 heterocycles. The van der Waals surface area contributed by atoms with Crippen LogP contribution < -0.4 is 4.74 Å². The molecular formula is C14H19NO5. The Morgan fingerprint density at radius 3 is 2.65 bits per heavy atom. The van der Waals surface area contributed by atoms with Gasteiger partial charge in [0.15, 0.2) is 0 Å². The van der Waals surface area contributed by atoms with Gasteiger partial charge in [0.1, 0.15) is 5.75 Å². The van der Waals surface area contributed by atoms with E-state index in [0.29, 0.717) is 24.3 Å². The summed E-state index contributed by atoms with van der Waals surface area (Å²) in [7, 11) is 1.51. The van der Waals surface area contributed by atoms with Crippen LogP contribution in [0.4, 0.5) is 0 Å². The first-order chi connectivity index (χ1) is 9.58. The molecule has 20 heavy (non-hydrogen) atoms. The quantitative estimate of drug-likeness (QED) is 0.742. The average molecular weight is 281 g/mol. The maximum Gasteiger partial charge on any atom is 0.305 e. The predicted molar refractivity (Wildman–Crippen MR) is 72.9 cm³/mol. The van der Waals surface area contributed by atoms with E-state index in [-0.39, 0.29) is 25.5 Å². The molecule has 1 aromatic carbocycles. The molecular weight excluding hydrogens is 262 g/mol. The number of rotatable bonds is 8. The highest BCUT2D eigenvalue weighted by atomic mass is 16.5. The molecule has 6 nitrogen and oxygen atoms in total. The van der Waals surface area contributed by atoms with E-state index in [4.69, 9.17) is 14.9 Å². The topological polar surface area (TPSA) is 87.1 Å². The third-order valence-electron chi connectivity index (χ3n) is 2.79. The predicted octanol–water partition coefficient (Wildman–Crippen LogP) is 0.994. The Balaban J connectivity index is 2.81. The Hall–Kier alpha value is -2.08. The first-order valence-corrected chi connectivity index (χ1v) is 6.34. The van der Waals surface area contributed by atoms with Gasteiger partial charge in [0.2, 0.25) is 0 Å². The van der Waals surface area contributed by atoms with Crippen LogP contribution in [0.15, 0.2) is 24.3 Å². The molecule has 0 fully saturated rings. The lowest BCUT2D eigenvalue weighted by atomic mass is 10.1. The molecule has 0 aromatic heterocycles. The van der Waals surface area contributed by atoms with Crippen LogP contribution in [0.2, 0.25) is 0 Å². The fourth-order valence-corrected chi connectivity index (χ4v) is 1.75. The van der Waals surface area contributed by atoms with Gasteiger partial charge >= 0.3 is 5.97 Å². The zero-order valence-corrected chi connectivity index (χ0v) is 11.4. The van der Waals surface area contributed by atoms with Crippen molar-refractivity contribution in [2.75, 3.05) is 26.8 Å². The van der Waals surface area contributed by atoms with Gasteiger partial charge in [-0.2, -0.15) is 0 Å². The molecule has 1 rings (SSSR count). The van der Waals surface area contributed by atoms with Crippen molar-refractivity contribution in [2.24, 2.45) is 0 Å². The van der Waals surface area contributed by atoms with E-state index in [1.807, 2.05) is 0 Å². The van der Waals surface area contributed by atoms with Gasteiger partial charge in [-0.25, -0.2) is 0 Å². The van der Waals surface area contributed by atoms with Gasteiger partial charge in [0.25, 0.3) is 5.91 Å². The summed E-state index contributed by atoms with van der Waals surface area (Å²) in [5.74, 6) is -0.660. The van der Waals surface area contributed by atoms with Crippen molar-refractivity contribution in [1.29, 1.82) is 0 Å². The first-order valence-electron chi connectivity index (χ1n) is 6.34. The highest BCUT2D eigenvalue weighted by Crippen LogP contribution is 2.14. The van der Waals surface area contributed by atoms with Gasteiger partial charge in [0.05, 0.1) is 13.5 Å². The van der Waals surface area contributed by atoms with E-state index in [0.717, 1.165) is 0 Å². The third kappa shape index (κ3) is 4.89. The number of nitrogens with zero attached hydrogens (tertiary/aromatic N) is 1. The molecule has 0 bridgehead atoms. The number of carbonyl (C=O) groups is 2. The maximum absolute atomic E-state index is 12.3. The molecule has 0 atom stereocenters. The van der Waals surface area contributed by atoms with E-state index in [1.165, 1.54) is 12.0 Å². The van der Waals surface area contributed by atoms with Crippen LogP contribution in [-0.4, -0.2) is 53.8 Å². The Morgan fingerprint density at radius 1 is 1.30 bits per heavy atom. The molecule has 1 amide bonds. The van der Waals surface area contributed by atoms with Gasteiger partial charge in [-0.3, -0.25) is 9.59 Å². The molecule has 0 aliphatic heterocycles. The van der Waals surface area contributed by atoms with Crippen LogP contribution >= 0.6 is 0 Å². The summed E-state index contributed by atoms with van der Waals surface area (Å²) in [4.78, 5) is 24.4. The fraction of sp³-hybridized carbons (Fsp3) is 0.429. The summed E-state index contributed by atoms with van der Waals surface area (Å²) >= 11 is 0. The molecule has 0 saturated carbocycles. The third-order valence-corrected chi connectivity index (χ3v) is 2.79. The Kier molecular flexibility index (Phi) is 6.52. The van der Waals surface area contributed by atoms with Crippen molar-refractivity contribution in [3.63, 3.8) is 0 Å². The van der Waals surface area contributed by atoms with E-state index in [1.54, 1.807) is 24.3 Å². The molecule has 0 aliphatic rings. The molecule has 6 heteroatoms. The van der Waals surface area contributed by atoms with Gasteiger partial charge < -0.3 is 19.8 Å². The van der Waals surface area contributed by atoms with Crippen molar-refractivity contribution < 1.29 is 24.5 Å². The first kappa shape index (κ1) is 16.0. The Morgan fingerprint density at radius 2 is 2.05 bits per heavy atom. The van der Waals surface area contributed by atoms with E-state index in [2.05, 4.69) is 0 Å². The van der Waals surface area contributed by atoms with Gasteiger partial charge in [-0.05, 0) is 24.6 Å². The highest BCUT2D eigenvalue weighted by Gasteiger charge is 2.16. The summed E-state index contributed by atoms with van der Waals surface area (Å²) < 4.78 is 5.06. The van der Waals surface area contributed by atoms with Gasteiger partial charge in [0, 0.05) is 25.3 Å². The summed E-state index contributed by atoms with van der Waals surface area (Å²) in [6.45, 7) is 0.389.